The molecule has 0 radical (unpaired) electrons. The summed E-state index contributed by atoms with van der Waals surface area (Å²) in [6, 6.07) is 1.23. The average Bonchev–Trinajstić information content (AvgIpc) is 2.38. The predicted octanol–water partition coefficient (Wildman–Crippen LogP) is 0.612. The first-order valence-electron chi connectivity index (χ1n) is 6.90. The van der Waals surface area contributed by atoms with Gasteiger partial charge in [0.1, 0.15) is 0 Å². The molecule has 0 aromatic carbocycles. The van der Waals surface area contributed by atoms with Gasteiger partial charge in [-0.2, -0.15) is 0 Å². The average molecular weight is 277 g/mol. The summed E-state index contributed by atoms with van der Waals surface area (Å²) in [5.74, 6) is -0.192. The molecule has 0 unspecified atom stereocenters. The third-order valence-electron chi connectivity index (χ3n) is 3.32. The number of aromatic nitrogens is 2. The Hall–Kier alpha value is -2.11. The van der Waals surface area contributed by atoms with Gasteiger partial charge < -0.3 is 10.3 Å². The monoisotopic (exact) mass is 277 g/mol. The lowest BCUT2D eigenvalue weighted by atomic mass is 9.97. The lowest BCUT2D eigenvalue weighted by Gasteiger charge is -2.12. The topological polar surface area (TPSA) is 94.8 Å². The molecule has 1 aliphatic carbocycles. The highest BCUT2D eigenvalue weighted by Gasteiger charge is 2.07. The second-order valence-electron chi connectivity index (χ2n) is 5.00. The Balaban J connectivity index is 1.79. The number of rotatable bonds is 5. The molecule has 0 atom stereocenters. The number of carbonyl (C=O) groups is 1. The summed E-state index contributed by atoms with van der Waals surface area (Å²) in [4.78, 5) is 38.4. The van der Waals surface area contributed by atoms with Gasteiger partial charge in [-0.15, -0.1) is 0 Å². The van der Waals surface area contributed by atoms with Crippen LogP contribution in [-0.4, -0.2) is 22.4 Å². The summed E-state index contributed by atoms with van der Waals surface area (Å²) < 4.78 is 0. The summed E-state index contributed by atoms with van der Waals surface area (Å²) >= 11 is 0. The minimum absolute atomic E-state index is 0.0121. The van der Waals surface area contributed by atoms with E-state index >= 15 is 0 Å². The predicted molar refractivity (Wildman–Crippen MR) is 75.6 cm³/mol. The zero-order valence-electron chi connectivity index (χ0n) is 11.3. The molecule has 6 nitrogen and oxygen atoms in total. The van der Waals surface area contributed by atoms with Gasteiger partial charge in [-0.25, -0.2) is 4.79 Å². The van der Waals surface area contributed by atoms with Crippen LogP contribution in [-0.2, 0) is 11.2 Å². The van der Waals surface area contributed by atoms with Gasteiger partial charge in [0.25, 0.3) is 5.56 Å². The van der Waals surface area contributed by atoms with Crippen LogP contribution in [0.3, 0.4) is 0 Å². The first kappa shape index (κ1) is 14.3. The van der Waals surface area contributed by atoms with Crippen molar-refractivity contribution in [3.05, 3.63) is 44.2 Å². The van der Waals surface area contributed by atoms with Crippen molar-refractivity contribution < 1.29 is 4.79 Å². The number of hydrogen-bond donors (Lipinski definition) is 3. The summed E-state index contributed by atoms with van der Waals surface area (Å²) in [5, 5.41) is 2.80. The molecular weight excluding hydrogens is 258 g/mol. The Labute approximate surface area is 116 Å². The standard InChI is InChI=1S/C14H19N3O3/c18-12(8-11-9-13(19)17-14(20)16-11)15-7-6-10-4-2-1-3-5-10/h4,9H,1-3,5-8H2,(H,15,18)(H2,16,17,19,20). The van der Waals surface area contributed by atoms with Crippen LogP contribution in [0.2, 0.25) is 0 Å². The molecule has 1 aromatic heterocycles. The van der Waals surface area contributed by atoms with Crippen molar-refractivity contribution >= 4 is 5.91 Å². The molecule has 3 N–H and O–H groups in total. The molecule has 6 heteroatoms. The summed E-state index contributed by atoms with van der Waals surface area (Å²) in [5.41, 5.74) is 0.644. The van der Waals surface area contributed by atoms with E-state index in [1.807, 2.05) is 0 Å². The fraction of sp³-hybridized carbons (Fsp3) is 0.500. The van der Waals surface area contributed by atoms with E-state index in [1.165, 1.54) is 24.5 Å². The van der Waals surface area contributed by atoms with Crippen LogP contribution in [0, 0.1) is 0 Å². The van der Waals surface area contributed by atoms with Gasteiger partial charge in [-0.05, 0) is 32.1 Å². The van der Waals surface area contributed by atoms with E-state index in [0.717, 1.165) is 19.3 Å². The Bertz CT molecular complexity index is 584. The molecule has 0 saturated carbocycles. The van der Waals surface area contributed by atoms with Crippen LogP contribution in [0.5, 0.6) is 0 Å². The lowest BCUT2D eigenvalue weighted by Crippen LogP contribution is -2.29. The molecule has 2 rings (SSSR count). The molecule has 1 heterocycles. The number of allylic oxidation sites excluding steroid dienone is 1. The SMILES string of the molecule is O=C(Cc1cc(=O)[nH]c(=O)[nH]1)NCCC1=CCCCC1. The maximum atomic E-state index is 11.7. The molecular formula is C14H19N3O3. The highest BCUT2D eigenvalue weighted by Crippen LogP contribution is 2.19. The molecule has 0 spiro atoms. The van der Waals surface area contributed by atoms with Crippen molar-refractivity contribution in [3.8, 4) is 0 Å². The van der Waals surface area contributed by atoms with Crippen molar-refractivity contribution in [2.24, 2.45) is 0 Å². The Kier molecular flexibility index (Phi) is 4.92. The van der Waals surface area contributed by atoms with Crippen LogP contribution in [0.25, 0.3) is 0 Å². The van der Waals surface area contributed by atoms with Gasteiger partial charge in [-0.3, -0.25) is 14.6 Å². The zero-order chi connectivity index (χ0) is 14.4. The summed E-state index contributed by atoms with van der Waals surface area (Å²) in [6.07, 6.45) is 7.88. The van der Waals surface area contributed by atoms with Gasteiger partial charge in [-0.1, -0.05) is 11.6 Å². The number of carbonyl (C=O) groups excluding carboxylic acids is 1. The second-order valence-corrected chi connectivity index (χ2v) is 5.00. The molecule has 1 amide bonds. The Morgan fingerprint density at radius 2 is 2.10 bits per heavy atom. The molecule has 0 saturated heterocycles. The fourth-order valence-corrected chi connectivity index (χ4v) is 2.34. The molecule has 20 heavy (non-hydrogen) atoms. The van der Waals surface area contributed by atoms with E-state index < -0.39 is 11.2 Å². The second kappa shape index (κ2) is 6.88. The van der Waals surface area contributed by atoms with Crippen molar-refractivity contribution in [3.63, 3.8) is 0 Å². The van der Waals surface area contributed by atoms with Gasteiger partial charge in [0.2, 0.25) is 5.91 Å². The van der Waals surface area contributed by atoms with Crippen LogP contribution < -0.4 is 16.6 Å². The maximum absolute atomic E-state index is 11.7. The fourth-order valence-electron chi connectivity index (χ4n) is 2.34. The summed E-state index contributed by atoms with van der Waals surface area (Å²) in [6.45, 7) is 0.595. The van der Waals surface area contributed by atoms with Gasteiger partial charge in [0, 0.05) is 18.3 Å². The van der Waals surface area contributed by atoms with Gasteiger partial charge in [0.15, 0.2) is 0 Å². The van der Waals surface area contributed by atoms with Gasteiger partial charge >= 0.3 is 5.69 Å². The van der Waals surface area contributed by atoms with Gasteiger partial charge in [0.05, 0.1) is 6.42 Å². The number of H-pyrrole nitrogens is 2. The quantitative estimate of drug-likeness (QED) is 0.688. The van der Waals surface area contributed by atoms with Crippen molar-refractivity contribution in [1.29, 1.82) is 0 Å². The van der Waals surface area contributed by atoms with E-state index in [4.69, 9.17) is 0 Å². The normalized spacial score (nSPS) is 14.7. The molecule has 0 aliphatic heterocycles. The Morgan fingerprint density at radius 1 is 1.25 bits per heavy atom. The van der Waals surface area contributed by atoms with E-state index in [1.54, 1.807) is 0 Å². The van der Waals surface area contributed by atoms with Crippen molar-refractivity contribution in [2.75, 3.05) is 6.54 Å². The third-order valence-corrected chi connectivity index (χ3v) is 3.32. The van der Waals surface area contributed by atoms with Crippen molar-refractivity contribution in [2.45, 2.75) is 38.5 Å². The van der Waals surface area contributed by atoms with E-state index in [9.17, 15) is 14.4 Å². The zero-order valence-corrected chi connectivity index (χ0v) is 11.3. The van der Waals surface area contributed by atoms with E-state index in [-0.39, 0.29) is 12.3 Å². The number of aromatic amines is 2. The largest absolute Gasteiger partial charge is 0.355 e. The van der Waals surface area contributed by atoms with Crippen LogP contribution in [0.1, 0.15) is 37.8 Å². The number of hydrogen-bond acceptors (Lipinski definition) is 3. The minimum Gasteiger partial charge on any atom is -0.355 e. The third kappa shape index (κ3) is 4.53. The highest BCUT2D eigenvalue weighted by atomic mass is 16.2. The van der Waals surface area contributed by atoms with E-state index in [0.29, 0.717) is 12.2 Å². The molecule has 0 bridgehead atoms. The minimum atomic E-state index is -0.590. The van der Waals surface area contributed by atoms with Crippen LogP contribution >= 0.6 is 0 Å². The molecule has 1 aromatic rings. The van der Waals surface area contributed by atoms with E-state index in [2.05, 4.69) is 21.4 Å². The Morgan fingerprint density at radius 3 is 2.80 bits per heavy atom. The smallest absolute Gasteiger partial charge is 0.325 e. The first-order valence-corrected chi connectivity index (χ1v) is 6.90. The first-order chi connectivity index (χ1) is 9.63. The number of amides is 1. The maximum Gasteiger partial charge on any atom is 0.325 e. The molecule has 1 aliphatic rings. The number of nitrogens with one attached hydrogen (secondary N) is 3. The summed E-state index contributed by atoms with van der Waals surface area (Å²) in [7, 11) is 0. The molecule has 0 fully saturated rings. The highest BCUT2D eigenvalue weighted by molar-refractivity contribution is 5.78. The lowest BCUT2D eigenvalue weighted by molar-refractivity contribution is -0.120. The molecule has 108 valence electrons. The van der Waals surface area contributed by atoms with Crippen LogP contribution in [0.15, 0.2) is 27.3 Å². The van der Waals surface area contributed by atoms with Crippen molar-refractivity contribution in [1.82, 2.24) is 15.3 Å². The van der Waals surface area contributed by atoms with Crippen LogP contribution in [0.4, 0.5) is 0 Å².